The molecule has 0 fully saturated rings. The number of hydrogen-bond donors (Lipinski definition) is 1. The molecule has 2 aromatic rings. The van der Waals surface area contributed by atoms with Gasteiger partial charge >= 0.3 is 0 Å². The van der Waals surface area contributed by atoms with Gasteiger partial charge < -0.3 is 5.73 Å². The first-order valence-corrected chi connectivity index (χ1v) is 6.73. The highest BCUT2D eigenvalue weighted by Crippen LogP contribution is 2.22. The summed E-state index contributed by atoms with van der Waals surface area (Å²) in [6.45, 7) is 2.05. The van der Waals surface area contributed by atoms with E-state index in [1.54, 1.807) is 0 Å². The lowest BCUT2D eigenvalue weighted by Gasteiger charge is -2.07. The molecule has 0 saturated heterocycles. The lowest BCUT2D eigenvalue weighted by molar-refractivity contribution is 0.847. The average Bonchev–Trinajstić information content (AvgIpc) is 2.29. The molecule has 0 aromatic heterocycles. The van der Waals surface area contributed by atoms with Crippen LogP contribution in [-0.4, -0.2) is 11.8 Å². The highest BCUT2D eigenvalue weighted by atomic mass is 32.2. The zero-order valence-electron chi connectivity index (χ0n) is 9.52. The highest BCUT2D eigenvalue weighted by Gasteiger charge is 2.01. The molecule has 0 heterocycles. The molecule has 2 heteroatoms. The fourth-order valence-electron chi connectivity index (χ4n) is 1.77. The summed E-state index contributed by atoms with van der Waals surface area (Å²) in [5.74, 6) is 2.06. The largest absolute Gasteiger partial charge is 0.327 e. The van der Waals surface area contributed by atoms with Gasteiger partial charge in [-0.1, -0.05) is 42.5 Å². The molecule has 1 unspecified atom stereocenters. The monoisotopic (exact) mass is 231 g/mol. The van der Waals surface area contributed by atoms with Gasteiger partial charge in [0.15, 0.2) is 0 Å². The predicted octanol–water partition coefficient (Wildman–Crippen LogP) is 3.42. The van der Waals surface area contributed by atoms with Crippen LogP contribution in [0.4, 0.5) is 0 Å². The fraction of sp³-hybridized carbons (Fsp3) is 0.286. The summed E-state index contributed by atoms with van der Waals surface area (Å²) in [4.78, 5) is 0. The third-order valence-corrected chi connectivity index (χ3v) is 3.79. The Labute approximate surface area is 101 Å². The first-order valence-electron chi connectivity index (χ1n) is 5.57. The molecule has 0 radical (unpaired) electrons. The molecule has 0 saturated carbocycles. The molecule has 1 atom stereocenters. The summed E-state index contributed by atoms with van der Waals surface area (Å²) < 4.78 is 0. The van der Waals surface area contributed by atoms with Gasteiger partial charge in [-0.05, 0) is 23.3 Å². The maximum Gasteiger partial charge on any atom is 0.0191 e. The van der Waals surface area contributed by atoms with Gasteiger partial charge in [0.1, 0.15) is 0 Å². The Morgan fingerprint density at radius 3 is 2.69 bits per heavy atom. The van der Waals surface area contributed by atoms with E-state index in [2.05, 4.69) is 49.4 Å². The smallest absolute Gasteiger partial charge is 0.0191 e. The summed E-state index contributed by atoms with van der Waals surface area (Å²) in [7, 11) is 0. The summed E-state index contributed by atoms with van der Waals surface area (Å²) in [6.07, 6.45) is 0. The van der Waals surface area contributed by atoms with Crippen molar-refractivity contribution in [2.75, 3.05) is 5.75 Å². The van der Waals surface area contributed by atoms with Gasteiger partial charge in [0.25, 0.3) is 0 Å². The van der Waals surface area contributed by atoms with E-state index in [4.69, 9.17) is 5.73 Å². The Bertz CT molecular complexity index is 460. The van der Waals surface area contributed by atoms with Crippen molar-refractivity contribution in [3.63, 3.8) is 0 Å². The van der Waals surface area contributed by atoms with E-state index in [0.29, 0.717) is 0 Å². The molecule has 1 nitrogen and oxygen atoms in total. The van der Waals surface area contributed by atoms with Gasteiger partial charge in [-0.3, -0.25) is 0 Å². The molecule has 2 aromatic carbocycles. The van der Waals surface area contributed by atoms with Crippen molar-refractivity contribution in [2.45, 2.75) is 18.7 Å². The molecule has 2 N–H and O–H groups in total. The third kappa shape index (κ3) is 2.77. The number of benzene rings is 2. The maximum atomic E-state index is 5.75. The van der Waals surface area contributed by atoms with Gasteiger partial charge in [-0.25, -0.2) is 0 Å². The van der Waals surface area contributed by atoms with Gasteiger partial charge in [0.2, 0.25) is 0 Å². The van der Waals surface area contributed by atoms with Crippen molar-refractivity contribution in [2.24, 2.45) is 5.73 Å². The average molecular weight is 231 g/mol. The molecule has 0 amide bonds. The van der Waals surface area contributed by atoms with Crippen LogP contribution in [0.5, 0.6) is 0 Å². The van der Waals surface area contributed by atoms with Gasteiger partial charge in [0.05, 0.1) is 0 Å². The minimum absolute atomic E-state index is 0.278. The van der Waals surface area contributed by atoms with Gasteiger partial charge in [0, 0.05) is 17.5 Å². The number of hydrogen-bond acceptors (Lipinski definition) is 2. The predicted molar refractivity (Wildman–Crippen MR) is 73.8 cm³/mol. The highest BCUT2D eigenvalue weighted by molar-refractivity contribution is 7.98. The molecule has 84 valence electrons. The van der Waals surface area contributed by atoms with Crippen molar-refractivity contribution < 1.29 is 0 Å². The number of nitrogens with two attached hydrogens (primary N) is 1. The standard InChI is InChI=1S/C14H17NS/c1-11(15)9-16-10-13-7-4-6-12-5-2-3-8-14(12)13/h2-8,11H,9-10,15H2,1H3. The summed E-state index contributed by atoms with van der Waals surface area (Å²) in [5.41, 5.74) is 7.15. The Kier molecular flexibility index (Phi) is 3.86. The van der Waals surface area contributed by atoms with Crippen LogP contribution >= 0.6 is 11.8 Å². The topological polar surface area (TPSA) is 26.0 Å². The van der Waals surface area contributed by atoms with Crippen LogP contribution in [0, 0.1) is 0 Å². The van der Waals surface area contributed by atoms with Crippen molar-refractivity contribution in [3.8, 4) is 0 Å². The molecule has 0 aliphatic rings. The van der Waals surface area contributed by atoms with E-state index < -0.39 is 0 Å². The van der Waals surface area contributed by atoms with E-state index in [9.17, 15) is 0 Å². The van der Waals surface area contributed by atoms with Gasteiger partial charge in [-0.15, -0.1) is 0 Å². The SMILES string of the molecule is CC(N)CSCc1cccc2ccccc12. The summed E-state index contributed by atoms with van der Waals surface area (Å²) >= 11 is 1.90. The van der Waals surface area contributed by atoms with Crippen molar-refractivity contribution in [1.82, 2.24) is 0 Å². The molecule has 0 aliphatic heterocycles. The van der Waals surface area contributed by atoms with Gasteiger partial charge in [-0.2, -0.15) is 11.8 Å². The van der Waals surface area contributed by atoms with Crippen LogP contribution < -0.4 is 5.73 Å². The second-order valence-electron chi connectivity index (χ2n) is 4.13. The first-order chi connectivity index (χ1) is 7.77. The van der Waals surface area contributed by atoms with Crippen LogP contribution in [0.1, 0.15) is 12.5 Å². The number of rotatable bonds is 4. The molecule has 2 rings (SSSR count). The first kappa shape index (κ1) is 11.5. The fourth-order valence-corrected chi connectivity index (χ4v) is 2.73. The van der Waals surface area contributed by atoms with E-state index in [1.807, 2.05) is 11.8 Å². The molecular formula is C14H17NS. The number of thioether (sulfide) groups is 1. The lowest BCUT2D eigenvalue weighted by Crippen LogP contribution is -2.17. The Morgan fingerprint density at radius 1 is 1.12 bits per heavy atom. The second kappa shape index (κ2) is 5.37. The van der Waals surface area contributed by atoms with Crippen LogP contribution in [0.15, 0.2) is 42.5 Å². The Hall–Kier alpha value is -0.990. The minimum Gasteiger partial charge on any atom is -0.327 e. The van der Waals surface area contributed by atoms with E-state index >= 15 is 0 Å². The quantitative estimate of drug-likeness (QED) is 0.872. The molecule has 16 heavy (non-hydrogen) atoms. The van der Waals surface area contributed by atoms with Crippen molar-refractivity contribution >= 4 is 22.5 Å². The second-order valence-corrected chi connectivity index (χ2v) is 5.16. The summed E-state index contributed by atoms with van der Waals surface area (Å²) in [6, 6.07) is 15.3. The zero-order chi connectivity index (χ0) is 11.4. The van der Waals surface area contributed by atoms with Crippen molar-refractivity contribution in [3.05, 3.63) is 48.0 Å². The van der Waals surface area contributed by atoms with E-state index in [-0.39, 0.29) is 6.04 Å². The van der Waals surface area contributed by atoms with Crippen LogP contribution in [0.3, 0.4) is 0 Å². The molecular weight excluding hydrogens is 214 g/mol. The maximum absolute atomic E-state index is 5.75. The van der Waals surface area contributed by atoms with Crippen molar-refractivity contribution in [1.29, 1.82) is 0 Å². The molecule has 0 spiro atoms. The molecule has 0 bridgehead atoms. The summed E-state index contributed by atoms with van der Waals surface area (Å²) in [5, 5.41) is 2.68. The minimum atomic E-state index is 0.278. The normalized spacial score (nSPS) is 12.9. The molecule has 0 aliphatic carbocycles. The van der Waals surface area contributed by atoms with Crippen LogP contribution in [0.2, 0.25) is 0 Å². The van der Waals surface area contributed by atoms with E-state index in [1.165, 1.54) is 16.3 Å². The Balaban J connectivity index is 2.17. The Morgan fingerprint density at radius 2 is 1.88 bits per heavy atom. The van der Waals surface area contributed by atoms with Crippen LogP contribution in [0.25, 0.3) is 10.8 Å². The number of fused-ring (bicyclic) bond motifs is 1. The van der Waals surface area contributed by atoms with E-state index in [0.717, 1.165) is 11.5 Å². The third-order valence-electron chi connectivity index (χ3n) is 2.52. The zero-order valence-corrected chi connectivity index (χ0v) is 10.3. The lowest BCUT2D eigenvalue weighted by atomic mass is 10.1. The van der Waals surface area contributed by atoms with Crippen LogP contribution in [-0.2, 0) is 5.75 Å².